The van der Waals surface area contributed by atoms with Crippen LogP contribution in [0, 0.1) is 0 Å². The van der Waals surface area contributed by atoms with Gasteiger partial charge in [0.25, 0.3) is 11.8 Å². The molecular formula is C23H20ClN3O3. The highest BCUT2D eigenvalue weighted by atomic mass is 35.5. The van der Waals surface area contributed by atoms with Crippen molar-refractivity contribution in [3.63, 3.8) is 0 Å². The van der Waals surface area contributed by atoms with Gasteiger partial charge in [-0.15, -0.1) is 0 Å². The number of anilines is 2. The fraction of sp³-hybridized carbons (Fsp3) is 0.174. The van der Waals surface area contributed by atoms with E-state index in [1.54, 1.807) is 41.3 Å². The van der Waals surface area contributed by atoms with Gasteiger partial charge in [-0.05, 0) is 55.3 Å². The molecule has 2 amide bonds. The molecule has 0 bridgehead atoms. The molecule has 2 heterocycles. The number of carbonyl (C=O) groups excluding carboxylic acids is 2. The first-order valence-electron chi connectivity index (χ1n) is 9.67. The summed E-state index contributed by atoms with van der Waals surface area (Å²) < 4.78 is 5.33. The molecule has 7 heteroatoms. The molecule has 1 N–H and O–H groups in total. The molecule has 3 aromatic rings. The Morgan fingerprint density at radius 2 is 1.87 bits per heavy atom. The average molecular weight is 422 g/mol. The summed E-state index contributed by atoms with van der Waals surface area (Å²) in [5, 5.41) is 2.99. The highest BCUT2D eigenvalue weighted by molar-refractivity contribution is 6.34. The van der Waals surface area contributed by atoms with E-state index in [2.05, 4.69) is 10.3 Å². The molecule has 0 saturated heterocycles. The smallest absolute Gasteiger partial charge is 0.275 e. The molecule has 0 unspecified atom stereocenters. The van der Waals surface area contributed by atoms with Gasteiger partial charge in [-0.2, -0.15) is 0 Å². The number of nitrogens with one attached hydrogen (secondary N) is 1. The van der Waals surface area contributed by atoms with Gasteiger partial charge in [0.2, 0.25) is 5.88 Å². The lowest BCUT2D eigenvalue weighted by Crippen LogP contribution is -2.28. The third kappa shape index (κ3) is 4.00. The van der Waals surface area contributed by atoms with Crippen molar-refractivity contribution in [2.75, 3.05) is 23.4 Å². The van der Waals surface area contributed by atoms with E-state index in [1.165, 1.54) is 5.56 Å². The highest BCUT2D eigenvalue weighted by Gasteiger charge is 2.25. The van der Waals surface area contributed by atoms with E-state index in [0.29, 0.717) is 30.3 Å². The second-order valence-electron chi connectivity index (χ2n) is 6.78. The maximum Gasteiger partial charge on any atom is 0.275 e. The van der Waals surface area contributed by atoms with Crippen LogP contribution in [0.25, 0.3) is 0 Å². The lowest BCUT2D eigenvalue weighted by atomic mass is 10.1. The van der Waals surface area contributed by atoms with Gasteiger partial charge in [0, 0.05) is 29.5 Å². The lowest BCUT2D eigenvalue weighted by Gasteiger charge is -2.17. The largest absolute Gasteiger partial charge is 0.478 e. The maximum absolute atomic E-state index is 12.9. The number of para-hydroxylation sites is 1. The number of pyridine rings is 1. The van der Waals surface area contributed by atoms with Crippen LogP contribution in [0.1, 0.15) is 33.3 Å². The number of rotatable bonds is 5. The predicted molar refractivity (Wildman–Crippen MR) is 117 cm³/mol. The Hall–Kier alpha value is -3.38. The first-order chi connectivity index (χ1) is 14.6. The summed E-state index contributed by atoms with van der Waals surface area (Å²) in [4.78, 5) is 31.4. The number of benzene rings is 2. The summed E-state index contributed by atoms with van der Waals surface area (Å²) in [5.74, 6) is -0.181. The summed E-state index contributed by atoms with van der Waals surface area (Å²) in [5.41, 5.74) is 3.30. The summed E-state index contributed by atoms with van der Waals surface area (Å²) in [6.07, 6.45) is 0.852. The van der Waals surface area contributed by atoms with Crippen LogP contribution in [0.3, 0.4) is 0 Å². The molecule has 0 aliphatic carbocycles. The van der Waals surface area contributed by atoms with Gasteiger partial charge in [0.05, 0.1) is 11.6 Å². The molecule has 0 spiro atoms. The SMILES string of the molecule is CCOc1ccc(Cl)c(C(=O)Nc2ccc(C(=O)N3CCc4ccccc43)cc2)n1. The fourth-order valence-corrected chi connectivity index (χ4v) is 3.59. The third-order valence-electron chi connectivity index (χ3n) is 4.85. The fourth-order valence-electron chi connectivity index (χ4n) is 3.40. The Morgan fingerprint density at radius 1 is 1.10 bits per heavy atom. The second-order valence-corrected chi connectivity index (χ2v) is 7.19. The second kappa shape index (κ2) is 8.55. The normalized spacial score (nSPS) is 12.4. The molecular weight excluding hydrogens is 402 g/mol. The van der Waals surface area contributed by atoms with Crippen LogP contribution in [-0.4, -0.2) is 29.9 Å². The predicted octanol–water partition coefficient (Wildman–Crippen LogP) is 4.59. The standard InChI is InChI=1S/C23H20ClN3O3/c1-2-30-20-12-11-18(24)21(26-20)22(28)25-17-9-7-16(8-10-17)23(29)27-14-13-15-5-3-4-6-19(15)27/h3-12H,2,13-14H2,1H3,(H,25,28). The quantitative estimate of drug-likeness (QED) is 0.654. The summed E-state index contributed by atoms with van der Waals surface area (Å²) in [7, 11) is 0. The molecule has 0 saturated carbocycles. The van der Waals surface area contributed by atoms with E-state index < -0.39 is 5.91 Å². The zero-order valence-corrected chi connectivity index (χ0v) is 17.1. The van der Waals surface area contributed by atoms with Gasteiger partial charge in [-0.25, -0.2) is 4.98 Å². The minimum Gasteiger partial charge on any atom is -0.478 e. The summed E-state index contributed by atoms with van der Waals surface area (Å²) in [6, 6.07) is 17.9. The lowest BCUT2D eigenvalue weighted by molar-refractivity contribution is 0.0988. The van der Waals surface area contributed by atoms with Crippen molar-refractivity contribution >= 4 is 34.8 Å². The Balaban J connectivity index is 1.47. The van der Waals surface area contributed by atoms with Crippen LogP contribution < -0.4 is 15.0 Å². The van der Waals surface area contributed by atoms with Crippen LogP contribution in [-0.2, 0) is 6.42 Å². The van der Waals surface area contributed by atoms with Gasteiger partial charge in [-0.3, -0.25) is 9.59 Å². The molecule has 4 rings (SSSR count). The number of aromatic nitrogens is 1. The first kappa shape index (κ1) is 19.9. The van der Waals surface area contributed by atoms with E-state index in [4.69, 9.17) is 16.3 Å². The van der Waals surface area contributed by atoms with E-state index in [-0.39, 0.29) is 16.6 Å². The number of fused-ring (bicyclic) bond motifs is 1. The van der Waals surface area contributed by atoms with Crippen molar-refractivity contribution < 1.29 is 14.3 Å². The van der Waals surface area contributed by atoms with Crippen LogP contribution in [0.5, 0.6) is 5.88 Å². The molecule has 152 valence electrons. The van der Waals surface area contributed by atoms with Crippen molar-refractivity contribution in [2.45, 2.75) is 13.3 Å². The molecule has 1 aromatic heterocycles. The number of amides is 2. The highest BCUT2D eigenvalue weighted by Crippen LogP contribution is 2.29. The van der Waals surface area contributed by atoms with Crippen molar-refractivity contribution in [3.8, 4) is 5.88 Å². The topological polar surface area (TPSA) is 71.5 Å². The Kier molecular flexibility index (Phi) is 5.68. The summed E-state index contributed by atoms with van der Waals surface area (Å²) in [6.45, 7) is 2.93. The van der Waals surface area contributed by atoms with E-state index in [1.807, 2.05) is 31.2 Å². The van der Waals surface area contributed by atoms with Crippen LogP contribution >= 0.6 is 11.6 Å². The van der Waals surface area contributed by atoms with Crippen LogP contribution in [0.15, 0.2) is 60.7 Å². The number of carbonyl (C=O) groups is 2. The Bertz CT molecular complexity index is 1100. The Labute approximate surface area is 179 Å². The molecule has 1 aliphatic heterocycles. The number of hydrogen-bond donors (Lipinski definition) is 1. The van der Waals surface area contributed by atoms with E-state index >= 15 is 0 Å². The first-order valence-corrected chi connectivity index (χ1v) is 10.0. The van der Waals surface area contributed by atoms with Gasteiger partial charge >= 0.3 is 0 Å². The molecule has 1 aliphatic rings. The monoisotopic (exact) mass is 421 g/mol. The number of hydrogen-bond acceptors (Lipinski definition) is 4. The van der Waals surface area contributed by atoms with E-state index in [9.17, 15) is 9.59 Å². The molecule has 0 fully saturated rings. The minimum absolute atomic E-state index is 0.0630. The van der Waals surface area contributed by atoms with Crippen molar-refractivity contribution in [1.29, 1.82) is 0 Å². The molecule has 2 aromatic carbocycles. The number of nitrogens with zero attached hydrogens (tertiary/aromatic N) is 2. The van der Waals surface area contributed by atoms with Crippen molar-refractivity contribution in [3.05, 3.63) is 82.5 Å². The van der Waals surface area contributed by atoms with Crippen molar-refractivity contribution in [2.24, 2.45) is 0 Å². The van der Waals surface area contributed by atoms with Gasteiger partial charge in [-0.1, -0.05) is 29.8 Å². The molecule has 30 heavy (non-hydrogen) atoms. The van der Waals surface area contributed by atoms with Gasteiger partial charge < -0.3 is 15.0 Å². The maximum atomic E-state index is 12.9. The van der Waals surface area contributed by atoms with Crippen LogP contribution in [0.4, 0.5) is 11.4 Å². The van der Waals surface area contributed by atoms with Crippen molar-refractivity contribution in [1.82, 2.24) is 4.98 Å². The molecule has 0 atom stereocenters. The van der Waals surface area contributed by atoms with Crippen LogP contribution in [0.2, 0.25) is 5.02 Å². The van der Waals surface area contributed by atoms with E-state index in [0.717, 1.165) is 12.1 Å². The average Bonchev–Trinajstić information content (AvgIpc) is 3.19. The number of halogens is 1. The molecule has 6 nitrogen and oxygen atoms in total. The zero-order chi connectivity index (χ0) is 21.1. The third-order valence-corrected chi connectivity index (χ3v) is 5.15. The number of ether oxygens (including phenoxy) is 1. The minimum atomic E-state index is -0.450. The van der Waals surface area contributed by atoms with Gasteiger partial charge in [0.1, 0.15) is 0 Å². The van der Waals surface area contributed by atoms with Gasteiger partial charge in [0.15, 0.2) is 5.69 Å². The zero-order valence-electron chi connectivity index (χ0n) is 16.4. The molecule has 0 radical (unpaired) electrons. The Morgan fingerprint density at radius 3 is 2.63 bits per heavy atom. The summed E-state index contributed by atoms with van der Waals surface area (Å²) >= 11 is 6.11.